The molecule has 3 nitrogen and oxygen atoms in total. The van der Waals surface area contributed by atoms with E-state index in [4.69, 9.17) is 12.2 Å². The van der Waals surface area contributed by atoms with Crippen LogP contribution < -0.4 is 5.32 Å². The van der Waals surface area contributed by atoms with E-state index in [1.807, 2.05) is 0 Å². The minimum Gasteiger partial charge on any atom is -0.352 e. The molecule has 1 aromatic heterocycles. The Morgan fingerprint density at radius 1 is 1.67 bits per heavy atom. The molecule has 0 radical (unpaired) electrons. The van der Waals surface area contributed by atoms with E-state index in [-0.39, 0.29) is 0 Å². The predicted octanol–water partition coefficient (Wildman–Crippen LogP) is 2.27. The second kappa shape index (κ2) is 3.90. The third-order valence-corrected chi connectivity index (χ3v) is 2.19. The van der Waals surface area contributed by atoms with Crippen LogP contribution in [0.3, 0.4) is 0 Å². The highest BCUT2D eigenvalue weighted by Gasteiger charge is 2.14. The van der Waals surface area contributed by atoms with Crippen LogP contribution in [0.15, 0.2) is 0 Å². The number of aromatic nitrogens is 2. The van der Waals surface area contributed by atoms with E-state index >= 15 is 0 Å². The van der Waals surface area contributed by atoms with Gasteiger partial charge in [-0.15, -0.1) is 5.10 Å². The number of rotatable bonds is 3. The van der Waals surface area contributed by atoms with Gasteiger partial charge in [0.2, 0.25) is 5.13 Å². The van der Waals surface area contributed by atoms with E-state index in [1.54, 1.807) is 0 Å². The molecule has 0 spiro atoms. The quantitative estimate of drug-likeness (QED) is 0.753. The normalized spacial score (nSPS) is 13.3. The maximum absolute atomic E-state index is 12.0. The summed E-state index contributed by atoms with van der Waals surface area (Å²) in [6, 6.07) is -0.904. The molecule has 1 unspecified atom stereocenters. The van der Waals surface area contributed by atoms with E-state index in [0.717, 1.165) is 11.3 Å². The van der Waals surface area contributed by atoms with Gasteiger partial charge < -0.3 is 5.32 Å². The zero-order valence-corrected chi connectivity index (χ0v) is 7.81. The Kier molecular flexibility index (Phi) is 3.10. The van der Waals surface area contributed by atoms with Crippen LogP contribution in [0.2, 0.25) is 0 Å². The fourth-order valence-corrected chi connectivity index (χ4v) is 1.43. The average Bonchev–Trinajstić information content (AvgIpc) is 2.35. The van der Waals surface area contributed by atoms with Crippen LogP contribution in [0.5, 0.6) is 0 Å². The van der Waals surface area contributed by atoms with Gasteiger partial charge in [0.1, 0.15) is 0 Å². The first kappa shape index (κ1) is 9.53. The lowest BCUT2D eigenvalue weighted by atomic mass is 10.4. The molecule has 1 aromatic rings. The molecule has 0 aliphatic carbocycles. The van der Waals surface area contributed by atoms with Crippen molar-refractivity contribution >= 4 is 28.7 Å². The van der Waals surface area contributed by atoms with Crippen molar-refractivity contribution in [1.82, 2.24) is 10.2 Å². The Balaban J connectivity index is 2.58. The van der Waals surface area contributed by atoms with Crippen LogP contribution >= 0.6 is 23.6 Å². The van der Waals surface area contributed by atoms with Crippen LogP contribution in [0.25, 0.3) is 0 Å². The molecular formula is C5H7F2N3S2. The Bertz CT molecular complexity index is 295. The third-order valence-electron chi connectivity index (χ3n) is 1.17. The van der Waals surface area contributed by atoms with Crippen molar-refractivity contribution < 1.29 is 8.78 Å². The van der Waals surface area contributed by atoms with Gasteiger partial charge in [-0.25, -0.2) is 8.78 Å². The molecule has 0 aromatic carbocycles. The van der Waals surface area contributed by atoms with Gasteiger partial charge in [-0.05, 0) is 19.1 Å². The first-order valence-corrected chi connectivity index (χ1v) is 4.42. The predicted molar refractivity (Wildman–Crippen MR) is 46.4 cm³/mol. The van der Waals surface area contributed by atoms with Crippen molar-refractivity contribution in [2.24, 2.45) is 0 Å². The zero-order valence-electron chi connectivity index (χ0n) is 6.17. The van der Waals surface area contributed by atoms with E-state index in [2.05, 4.69) is 15.5 Å². The Labute approximate surface area is 76.8 Å². The molecule has 2 N–H and O–H groups in total. The van der Waals surface area contributed by atoms with Crippen LogP contribution in [0.1, 0.15) is 6.92 Å². The highest BCUT2D eigenvalue weighted by molar-refractivity contribution is 7.73. The SMILES string of the molecule is CC(Nc1n[nH]c(=S)s1)C(F)F. The molecule has 1 heterocycles. The summed E-state index contributed by atoms with van der Waals surface area (Å²) < 4.78 is 24.5. The van der Waals surface area contributed by atoms with Crippen molar-refractivity contribution in [3.05, 3.63) is 3.95 Å². The Morgan fingerprint density at radius 2 is 2.33 bits per heavy atom. The molecule has 7 heteroatoms. The van der Waals surface area contributed by atoms with Gasteiger partial charge in [-0.2, -0.15) is 0 Å². The molecule has 0 saturated heterocycles. The fraction of sp³-hybridized carbons (Fsp3) is 0.600. The molecule has 68 valence electrons. The molecule has 0 aliphatic heterocycles. The lowest BCUT2D eigenvalue weighted by Crippen LogP contribution is -2.23. The van der Waals surface area contributed by atoms with Gasteiger partial charge in [0.05, 0.1) is 6.04 Å². The standard InChI is InChI=1S/C5H7F2N3S2/c1-2(3(6)7)8-4-9-10-5(11)12-4/h2-3H,1H3,(H,8,9)(H,10,11). The summed E-state index contributed by atoms with van der Waals surface area (Å²) in [5.41, 5.74) is 0. The van der Waals surface area contributed by atoms with Crippen molar-refractivity contribution in [2.45, 2.75) is 19.4 Å². The second-order valence-electron chi connectivity index (χ2n) is 2.19. The first-order chi connectivity index (χ1) is 5.59. The lowest BCUT2D eigenvalue weighted by molar-refractivity contribution is 0.130. The fourth-order valence-electron chi connectivity index (χ4n) is 0.549. The van der Waals surface area contributed by atoms with Crippen LogP contribution in [-0.4, -0.2) is 22.7 Å². The maximum Gasteiger partial charge on any atom is 0.258 e. The summed E-state index contributed by atoms with van der Waals surface area (Å²) in [7, 11) is 0. The van der Waals surface area contributed by atoms with Gasteiger partial charge >= 0.3 is 0 Å². The number of halogens is 2. The highest BCUT2D eigenvalue weighted by atomic mass is 32.1. The van der Waals surface area contributed by atoms with Crippen molar-refractivity contribution in [2.75, 3.05) is 5.32 Å². The van der Waals surface area contributed by atoms with Gasteiger partial charge in [-0.3, -0.25) is 5.10 Å². The largest absolute Gasteiger partial charge is 0.352 e. The minimum absolute atomic E-state index is 0.396. The van der Waals surface area contributed by atoms with E-state index in [1.165, 1.54) is 6.92 Å². The molecule has 12 heavy (non-hydrogen) atoms. The summed E-state index contributed by atoms with van der Waals surface area (Å²) in [6.45, 7) is 1.38. The molecule has 0 bridgehead atoms. The minimum atomic E-state index is -2.40. The first-order valence-electron chi connectivity index (χ1n) is 3.20. The lowest BCUT2D eigenvalue weighted by Gasteiger charge is -2.09. The Hall–Kier alpha value is -0.560. The average molecular weight is 211 g/mol. The van der Waals surface area contributed by atoms with E-state index in [9.17, 15) is 8.78 Å². The highest BCUT2D eigenvalue weighted by Crippen LogP contribution is 2.14. The number of anilines is 1. The Morgan fingerprint density at radius 3 is 2.75 bits per heavy atom. The van der Waals surface area contributed by atoms with Crippen LogP contribution in [-0.2, 0) is 0 Å². The monoisotopic (exact) mass is 211 g/mol. The van der Waals surface area contributed by atoms with Crippen molar-refractivity contribution in [3.8, 4) is 0 Å². The zero-order chi connectivity index (χ0) is 9.14. The van der Waals surface area contributed by atoms with Crippen LogP contribution in [0, 0.1) is 3.95 Å². The molecule has 0 amide bonds. The number of nitrogens with zero attached hydrogens (tertiary/aromatic N) is 1. The molecular weight excluding hydrogens is 204 g/mol. The van der Waals surface area contributed by atoms with Crippen LogP contribution in [0.4, 0.5) is 13.9 Å². The molecule has 1 rings (SSSR count). The second-order valence-corrected chi connectivity index (χ2v) is 3.85. The van der Waals surface area contributed by atoms with Crippen molar-refractivity contribution in [3.63, 3.8) is 0 Å². The molecule has 1 atom stereocenters. The molecule has 0 saturated carbocycles. The number of nitrogens with one attached hydrogen (secondary N) is 2. The number of alkyl halides is 2. The third kappa shape index (κ3) is 2.49. The van der Waals surface area contributed by atoms with E-state index in [0.29, 0.717) is 9.09 Å². The van der Waals surface area contributed by atoms with Gasteiger partial charge in [0.15, 0.2) is 3.95 Å². The smallest absolute Gasteiger partial charge is 0.258 e. The number of hydrogen-bond donors (Lipinski definition) is 2. The number of H-pyrrole nitrogens is 1. The van der Waals surface area contributed by atoms with Gasteiger partial charge in [0, 0.05) is 0 Å². The summed E-state index contributed by atoms with van der Waals surface area (Å²) in [5, 5.41) is 9.09. The summed E-state index contributed by atoms with van der Waals surface area (Å²) in [6.07, 6.45) is -2.40. The maximum atomic E-state index is 12.0. The summed E-state index contributed by atoms with van der Waals surface area (Å²) in [4.78, 5) is 0. The number of aromatic amines is 1. The summed E-state index contributed by atoms with van der Waals surface area (Å²) in [5.74, 6) is 0. The van der Waals surface area contributed by atoms with Crippen molar-refractivity contribution in [1.29, 1.82) is 0 Å². The topological polar surface area (TPSA) is 40.7 Å². The van der Waals surface area contributed by atoms with E-state index < -0.39 is 12.5 Å². The number of hydrogen-bond acceptors (Lipinski definition) is 4. The molecule has 0 aliphatic rings. The van der Waals surface area contributed by atoms with Gasteiger partial charge in [-0.1, -0.05) is 11.3 Å². The molecule has 0 fully saturated rings. The van der Waals surface area contributed by atoms with Gasteiger partial charge in [0.25, 0.3) is 6.43 Å². The summed E-state index contributed by atoms with van der Waals surface area (Å²) >= 11 is 5.86.